The van der Waals surface area contributed by atoms with E-state index in [4.69, 9.17) is 23.7 Å². The number of rotatable bonds is 16. The van der Waals surface area contributed by atoms with Crippen LogP contribution in [0.3, 0.4) is 0 Å². The average Bonchev–Trinajstić information content (AvgIpc) is 3.61. The van der Waals surface area contributed by atoms with E-state index in [0.717, 1.165) is 19.3 Å². The minimum Gasteiger partial charge on any atom is -0.550 e. The Bertz CT molecular complexity index is 1810. The van der Waals surface area contributed by atoms with E-state index in [1.54, 1.807) is 6.92 Å². The SMILES string of the molecule is CCCc1ccc(C(=O)N[C@H]2C=C[C@]3(O[C@H]([C@@H](CC)C(=O)[C@@H](C)[C@@H](O)[C@H](C)[C@@H]4O[C@@H]([C@@H](CC)C(=O)[O-])CC[C@@H]4C)[C@@H](C)C[C@H]3C)O[C@@]23CC[C@@](C)([C@H]2CC[C@](O)(CC)[C@H](C)O2)O3)cc1.[Na+]. The summed E-state index contributed by atoms with van der Waals surface area (Å²) < 4.78 is 34.7. The van der Waals surface area contributed by atoms with Gasteiger partial charge in [-0.15, -0.1) is 0 Å². The van der Waals surface area contributed by atoms with Crippen molar-refractivity contribution in [3.8, 4) is 0 Å². The Labute approximate surface area is 411 Å². The number of ketones is 1. The van der Waals surface area contributed by atoms with Crippen molar-refractivity contribution < 1.29 is 82.9 Å². The molecule has 4 saturated heterocycles. The summed E-state index contributed by atoms with van der Waals surface area (Å²) in [5.74, 6) is -6.73. The molecule has 5 aliphatic rings. The van der Waals surface area contributed by atoms with Crippen molar-refractivity contribution in [3.05, 3.63) is 47.5 Å². The number of aliphatic carboxylic acids is 1. The van der Waals surface area contributed by atoms with Crippen LogP contribution >= 0.6 is 0 Å². The molecule has 3 N–H and O–H groups in total. The van der Waals surface area contributed by atoms with Crippen LogP contribution < -0.4 is 40.0 Å². The topological polar surface area (TPSA) is 173 Å². The number of carboxylic acids is 1. The first kappa shape index (κ1) is 54.2. The molecular formula is C52H80NNaO11. The molecule has 5 aliphatic heterocycles. The Hall–Kier alpha value is -1.71. The Morgan fingerprint density at radius 1 is 0.877 bits per heavy atom. The summed E-state index contributed by atoms with van der Waals surface area (Å²) in [6, 6.07) is 7.00. The van der Waals surface area contributed by atoms with Crippen molar-refractivity contribution in [2.45, 2.75) is 219 Å². The number of aliphatic hydroxyl groups excluding tert-OH is 1. The molecular weight excluding hydrogens is 838 g/mol. The second-order valence-electron chi connectivity index (χ2n) is 20.8. The minimum absolute atomic E-state index is 0. The van der Waals surface area contributed by atoms with Crippen molar-refractivity contribution in [3.63, 3.8) is 0 Å². The fraction of sp³-hybridized carbons (Fsp3) is 0.788. The van der Waals surface area contributed by atoms with E-state index >= 15 is 0 Å². The molecule has 0 bridgehead atoms. The second-order valence-corrected chi connectivity index (χ2v) is 20.8. The van der Waals surface area contributed by atoms with Crippen molar-refractivity contribution >= 4 is 17.7 Å². The van der Waals surface area contributed by atoms with Gasteiger partial charge in [-0.3, -0.25) is 9.59 Å². The van der Waals surface area contributed by atoms with Crippen molar-refractivity contribution in [1.82, 2.24) is 5.32 Å². The van der Waals surface area contributed by atoms with E-state index in [2.05, 4.69) is 33.0 Å². The summed E-state index contributed by atoms with van der Waals surface area (Å²) in [5.41, 5.74) is -0.0245. The molecule has 1 aromatic carbocycles. The summed E-state index contributed by atoms with van der Waals surface area (Å²) in [6.07, 6.45) is 8.24. The first-order valence-corrected chi connectivity index (χ1v) is 24.8. The van der Waals surface area contributed by atoms with Gasteiger partial charge >= 0.3 is 29.6 Å². The molecule has 13 heteroatoms. The van der Waals surface area contributed by atoms with Gasteiger partial charge in [-0.1, -0.05) is 86.9 Å². The van der Waals surface area contributed by atoms with E-state index in [1.165, 1.54) is 5.56 Å². The number of hydrogen-bond donors (Lipinski definition) is 3. The number of carboxylic acid groups (broad SMARTS) is 1. The molecule has 18 atom stereocenters. The van der Waals surface area contributed by atoms with Crippen LogP contribution in [0.25, 0.3) is 0 Å². The summed E-state index contributed by atoms with van der Waals surface area (Å²) >= 11 is 0. The second kappa shape index (κ2) is 21.9. The molecule has 12 nitrogen and oxygen atoms in total. The molecule has 4 fully saturated rings. The number of nitrogens with one attached hydrogen (secondary N) is 1. The number of carbonyl (C=O) groups excluding carboxylic acids is 3. The fourth-order valence-electron chi connectivity index (χ4n) is 12.0. The van der Waals surface area contributed by atoms with Crippen molar-refractivity contribution in [1.29, 1.82) is 0 Å². The van der Waals surface area contributed by atoms with Crippen LogP contribution in [-0.2, 0) is 39.7 Å². The molecule has 0 aromatic heterocycles. The number of benzene rings is 1. The van der Waals surface area contributed by atoms with Gasteiger partial charge in [0.25, 0.3) is 5.91 Å². The molecule has 0 aliphatic carbocycles. The number of Topliss-reactive ketones (excluding diaryl/α,β-unsaturated/α-hetero) is 1. The average molecular weight is 918 g/mol. The minimum atomic E-state index is -1.35. The van der Waals surface area contributed by atoms with Crippen LogP contribution in [0.5, 0.6) is 0 Å². The van der Waals surface area contributed by atoms with Crippen molar-refractivity contribution in [2.75, 3.05) is 0 Å². The van der Waals surface area contributed by atoms with Crippen LogP contribution in [0.1, 0.15) is 163 Å². The van der Waals surface area contributed by atoms with E-state index < -0.39 is 89.0 Å². The fourth-order valence-corrected chi connectivity index (χ4v) is 12.0. The van der Waals surface area contributed by atoms with Gasteiger partial charge in [-0.25, -0.2) is 0 Å². The van der Waals surface area contributed by atoms with E-state index in [0.29, 0.717) is 63.4 Å². The molecule has 0 radical (unpaired) electrons. The summed E-state index contributed by atoms with van der Waals surface area (Å²) in [4.78, 5) is 40.7. The molecule has 65 heavy (non-hydrogen) atoms. The third kappa shape index (κ3) is 11.0. The predicted octanol–water partition coefficient (Wildman–Crippen LogP) is 4.25. The van der Waals surface area contributed by atoms with Gasteiger partial charge in [-0.2, -0.15) is 0 Å². The first-order valence-electron chi connectivity index (χ1n) is 24.8. The standard InChI is InChI=1S/C52H81NO11.Na/c1-12-16-36-18-20-37(21-19-36)47(56)53-41-23-26-51(64-52(41)28-27-49(11,63-52)42-24-25-50(59,15-4)35(10)60-42)32(7)29-31(6)46(62-51)39(14-3)44(55)33(8)43(54)34(9)45-30(5)17-22-40(61-45)38(13-2)48(57)58;/h18-21,23,26,30-35,38-43,45-46,54,59H,12-17,22,24-25,27-29H2,1-11H3,(H,53,56)(H,57,58);/q;+1/p-1/t30-,31-,32+,33-,34-,35-,38+,39-,40+,41-,42+,43+,45+,46-,49-,50+,51-,52-;/m0./s1. The van der Waals surface area contributed by atoms with Gasteiger partial charge in [0.15, 0.2) is 11.6 Å². The third-order valence-electron chi connectivity index (χ3n) is 16.5. The summed E-state index contributed by atoms with van der Waals surface area (Å²) in [7, 11) is 0. The monoisotopic (exact) mass is 918 g/mol. The Morgan fingerprint density at radius 3 is 2.15 bits per heavy atom. The number of aryl methyl sites for hydroxylation is 1. The van der Waals surface area contributed by atoms with E-state index in [1.807, 2.05) is 78.0 Å². The molecule has 360 valence electrons. The van der Waals surface area contributed by atoms with Gasteiger partial charge in [0.2, 0.25) is 0 Å². The van der Waals surface area contributed by atoms with Crippen LogP contribution in [0.15, 0.2) is 36.4 Å². The van der Waals surface area contributed by atoms with Gasteiger partial charge in [-0.05, 0) is 114 Å². The van der Waals surface area contributed by atoms with Gasteiger partial charge in [0.05, 0.1) is 47.8 Å². The number of amides is 1. The first-order chi connectivity index (χ1) is 30.2. The molecule has 2 spiro atoms. The zero-order valence-electron chi connectivity index (χ0n) is 41.6. The number of carbonyl (C=O) groups is 3. The largest absolute Gasteiger partial charge is 1.00 e. The predicted molar refractivity (Wildman–Crippen MR) is 242 cm³/mol. The van der Waals surface area contributed by atoms with Crippen molar-refractivity contribution in [2.24, 2.45) is 41.4 Å². The van der Waals surface area contributed by atoms with Crippen LogP contribution in [0.2, 0.25) is 0 Å². The van der Waals surface area contributed by atoms with Crippen LogP contribution in [0, 0.1) is 41.4 Å². The maximum atomic E-state index is 14.7. The van der Waals surface area contributed by atoms with E-state index in [-0.39, 0.29) is 65.1 Å². The molecule has 1 aromatic rings. The molecule has 0 saturated carbocycles. The Balaban J connectivity index is 0.00000793. The number of aliphatic hydroxyl groups is 2. The normalized spacial score (nSPS) is 39.5. The zero-order chi connectivity index (χ0) is 46.9. The van der Waals surface area contributed by atoms with Gasteiger partial charge in [0.1, 0.15) is 11.8 Å². The van der Waals surface area contributed by atoms with Crippen LogP contribution in [0.4, 0.5) is 0 Å². The summed E-state index contributed by atoms with van der Waals surface area (Å²) in [6.45, 7) is 21.8. The number of hydrogen-bond acceptors (Lipinski definition) is 11. The maximum absolute atomic E-state index is 14.7. The quantitative estimate of drug-likeness (QED) is 0.160. The smallest absolute Gasteiger partial charge is 0.550 e. The Kier molecular flexibility index (Phi) is 18.3. The number of ether oxygens (including phenoxy) is 5. The molecule has 1 amide bonds. The Morgan fingerprint density at radius 2 is 1.55 bits per heavy atom. The molecule has 0 unspecified atom stereocenters. The van der Waals surface area contributed by atoms with Gasteiger partial charge in [0, 0.05) is 47.5 Å². The van der Waals surface area contributed by atoms with E-state index in [9.17, 15) is 29.7 Å². The third-order valence-corrected chi connectivity index (χ3v) is 16.5. The molecule has 6 rings (SSSR count). The zero-order valence-corrected chi connectivity index (χ0v) is 43.6. The maximum Gasteiger partial charge on any atom is 1.00 e. The van der Waals surface area contributed by atoms with Crippen LogP contribution in [-0.4, -0.2) is 93.3 Å². The van der Waals surface area contributed by atoms with Gasteiger partial charge < -0.3 is 49.1 Å². The molecule has 5 heterocycles. The summed E-state index contributed by atoms with van der Waals surface area (Å²) in [5, 5.41) is 38.4.